The lowest BCUT2D eigenvalue weighted by Gasteiger charge is -2.32. The van der Waals surface area contributed by atoms with Gasteiger partial charge in [-0.3, -0.25) is 9.36 Å². The highest BCUT2D eigenvalue weighted by molar-refractivity contribution is 5.94. The van der Waals surface area contributed by atoms with Gasteiger partial charge in [0.2, 0.25) is 0 Å². The van der Waals surface area contributed by atoms with Crippen LogP contribution in [-0.2, 0) is 6.42 Å². The highest BCUT2D eigenvalue weighted by Gasteiger charge is 2.23. The van der Waals surface area contributed by atoms with E-state index in [-0.39, 0.29) is 17.6 Å². The number of aromatic amines is 1. The zero-order valence-corrected chi connectivity index (χ0v) is 19.2. The van der Waals surface area contributed by atoms with Crippen LogP contribution in [0, 0.1) is 0 Å². The third-order valence-electron chi connectivity index (χ3n) is 6.73. The monoisotopic (exact) mass is 454 g/mol. The SMILES string of the molecule is O=C(NCCN1CCC(n2c(=O)[nH]c3ccccc32)CC1)c1ccc(Cc2ccccc2)cc1. The molecule has 0 bridgehead atoms. The molecular formula is C28H30N4O2. The molecule has 1 amide bonds. The molecule has 3 aromatic carbocycles. The fraction of sp³-hybridized carbons (Fsp3) is 0.286. The first-order valence-corrected chi connectivity index (χ1v) is 12.0. The second-order valence-electron chi connectivity index (χ2n) is 9.01. The fourth-order valence-corrected chi connectivity index (χ4v) is 4.87. The molecule has 6 heteroatoms. The second kappa shape index (κ2) is 10.1. The van der Waals surface area contributed by atoms with Crippen LogP contribution in [0.2, 0.25) is 0 Å². The summed E-state index contributed by atoms with van der Waals surface area (Å²) in [6.07, 6.45) is 2.72. The number of hydrogen-bond donors (Lipinski definition) is 2. The van der Waals surface area contributed by atoms with Gasteiger partial charge in [-0.05, 0) is 54.7 Å². The molecule has 2 N–H and O–H groups in total. The summed E-state index contributed by atoms with van der Waals surface area (Å²) < 4.78 is 1.91. The maximum atomic E-state index is 12.6. The Bertz CT molecular complexity index is 1300. The molecule has 4 aromatic rings. The second-order valence-corrected chi connectivity index (χ2v) is 9.01. The first-order valence-electron chi connectivity index (χ1n) is 12.0. The van der Waals surface area contributed by atoms with Gasteiger partial charge in [-0.2, -0.15) is 0 Å². The molecule has 0 spiro atoms. The van der Waals surface area contributed by atoms with E-state index in [4.69, 9.17) is 0 Å². The summed E-state index contributed by atoms with van der Waals surface area (Å²) in [6.45, 7) is 3.26. The number of nitrogens with zero attached hydrogens (tertiary/aromatic N) is 2. The quantitative estimate of drug-likeness (QED) is 0.444. The lowest BCUT2D eigenvalue weighted by Crippen LogP contribution is -2.41. The number of fused-ring (bicyclic) bond motifs is 1. The van der Waals surface area contributed by atoms with Gasteiger partial charge < -0.3 is 15.2 Å². The zero-order valence-electron chi connectivity index (χ0n) is 19.2. The van der Waals surface area contributed by atoms with Crippen molar-refractivity contribution in [3.63, 3.8) is 0 Å². The average Bonchev–Trinajstić information content (AvgIpc) is 3.21. The third-order valence-corrected chi connectivity index (χ3v) is 6.73. The molecule has 6 nitrogen and oxygen atoms in total. The molecule has 0 unspecified atom stereocenters. The van der Waals surface area contributed by atoms with Crippen molar-refractivity contribution in [3.8, 4) is 0 Å². The molecule has 1 fully saturated rings. The normalized spacial score (nSPS) is 14.9. The van der Waals surface area contributed by atoms with Crippen molar-refractivity contribution < 1.29 is 4.79 Å². The zero-order chi connectivity index (χ0) is 23.3. The van der Waals surface area contributed by atoms with Gasteiger partial charge in [0.25, 0.3) is 5.91 Å². The largest absolute Gasteiger partial charge is 0.351 e. The van der Waals surface area contributed by atoms with Crippen LogP contribution in [0.15, 0.2) is 83.7 Å². The van der Waals surface area contributed by atoms with Gasteiger partial charge in [-0.25, -0.2) is 4.79 Å². The maximum Gasteiger partial charge on any atom is 0.326 e. The molecular weight excluding hydrogens is 424 g/mol. The minimum absolute atomic E-state index is 0.0262. The van der Waals surface area contributed by atoms with Crippen molar-refractivity contribution in [2.24, 2.45) is 0 Å². The summed E-state index contributed by atoms with van der Waals surface area (Å²) >= 11 is 0. The number of rotatable bonds is 7. The number of nitrogens with one attached hydrogen (secondary N) is 2. The molecule has 34 heavy (non-hydrogen) atoms. The van der Waals surface area contributed by atoms with Gasteiger partial charge in [0.15, 0.2) is 0 Å². The van der Waals surface area contributed by atoms with Crippen LogP contribution >= 0.6 is 0 Å². The number of amides is 1. The first-order chi connectivity index (χ1) is 16.7. The number of para-hydroxylation sites is 2. The van der Waals surface area contributed by atoms with Crippen LogP contribution in [0.5, 0.6) is 0 Å². The van der Waals surface area contributed by atoms with Gasteiger partial charge in [0.05, 0.1) is 11.0 Å². The summed E-state index contributed by atoms with van der Waals surface area (Å²) in [5.41, 5.74) is 4.99. The van der Waals surface area contributed by atoms with Gasteiger partial charge in [0.1, 0.15) is 0 Å². The van der Waals surface area contributed by atoms with E-state index in [0.29, 0.717) is 12.1 Å². The van der Waals surface area contributed by atoms with Gasteiger partial charge in [-0.15, -0.1) is 0 Å². The standard InChI is InChI=1S/C28H30N4O2/c33-27(23-12-10-22(11-13-23)20-21-6-2-1-3-7-21)29-16-19-31-17-14-24(15-18-31)32-26-9-5-4-8-25(26)30-28(32)34/h1-13,24H,14-20H2,(H,29,33)(H,30,34). The van der Waals surface area contributed by atoms with E-state index in [1.165, 1.54) is 11.1 Å². The number of imidazole rings is 1. The van der Waals surface area contributed by atoms with Gasteiger partial charge in [-0.1, -0.05) is 54.6 Å². The summed E-state index contributed by atoms with van der Waals surface area (Å²) in [6, 6.07) is 26.3. The number of aromatic nitrogens is 2. The van der Waals surface area contributed by atoms with E-state index in [1.54, 1.807) is 0 Å². The van der Waals surface area contributed by atoms with Crippen molar-refractivity contribution in [2.45, 2.75) is 25.3 Å². The molecule has 0 atom stereocenters. The number of benzene rings is 3. The fourth-order valence-electron chi connectivity index (χ4n) is 4.87. The van der Waals surface area contributed by atoms with Crippen molar-refractivity contribution in [1.29, 1.82) is 0 Å². The Morgan fingerprint density at radius 2 is 1.56 bits per heavy atom. The van der Waals surface area contributed by atoms with E-state index in [0.717, 1.165) is 49.9 Å². The molecule has 174 valence electrons. The van der Waals surface area contributed by atoms with Crippen LogP contribution in [0.4, 0.5) is 0 Å². The van der Waals surface area contributed by atoms with Crippen LogP contribution in [0.1, 0.15) is 40.4 Å². The summed E-state index contributed by atoms with van der Waals surface area (Å²) in [5.74, 6) is -0.0357. The molecule has 0 radical (unpaired) electrons. The predicted octanol–water partition coefficient (Wildman–Crippen LogP) is 3.99. The summed E-state index contributed by atoms with van der Waals surface area (Å²) in [4.78, 5) is 30.3. The molecule has 0 saturated carbocycles. The van der Waals surface area contributed by atoms with Crippen molar-refractivity contribution in [3.05, 3.63) is 106 Å². The topological polar surface area (TPSA) is 70.1 Å². The minimum atomic E-state index is -0.0357. The molecule has 5 rings (SSSR count). The molecule has 0 aliphatic carbocycles. The van der Waals surface area contributed by atoms with Crippen molar-refractivity contribution in [2.75, 3.05) is 26.2 Å². The molecule has 1 saturated heterocycles. The van der Waals surface area contributed by atoms with Crippen molar-refractivity contribution >= 4 is 16.9 Å². The van der Waals surface area contributed by atoms with Crippen LogP contribution in [-0.4, -0.2) is 46.5 Å². The lowest BCUT2D eigenvalue weighted by atomic mass is 10.0. The molecule has 1 aliphatic heterocycles. The Hall–Kier alpha value is -3.64. The maximum absolute atomic E-state index is 12.6. The van der Waals surface area contributed by atoms with Gasteiger partial charge >= 0.3 is 5.69 Å². The Balaban J connectivity index is 1.08. The van der Waals surface area contributed by atoms with E-state index in [2.05, 4.69) is 27.3 Å². The number of likely N-dealkylation sites (tertiary alicyclic amines) is 1. The predicted molar refractivity (Wildman–Crippen MR) is 135 cm³/mol. The van der Waals surface area contributed by atoms with E-state index in [9.17, 15) is 9.59 Å². The Labute approximate surface area is 199 Å². The summed E-state index contributed by atoms with van der Waals surface area (Å²) in [7, 11) is 0. The van der Waals surface area contributed by atoms with E-state index >= 15 is 0 Å². The van der Waals surface area contributed by atoms with Gasteiger partial charge in [0, 0.05) is 37.8 Å². The number of carbonyl (C=O) groups excluding carboxylic acids is 1. The average molecular weight is 455 g/mol. The smallest absolute Gasteiger partial charge is 0.326 e. The molecule has 1 aromatic heterocycles. The lowest BCUT2D eigenvalue weighted by molar-refractivity contribution is 0.0944. The Morgan fingerprint density at radius 3 is 2.32 bits per heavy atom. The number of piperidine rings is 1. The number of H-pyrrole nitrogens is 1. The van der Waals surface area contributed by atoms with E-state index in [1.807, 2.05) is 71.3 Å². The Morgan fingerprint density at radius 1 is 0.882 bits per heavy atom. The van der Waals surface area contributed by atoms with Crippen LogP contribution < -0.4 is 11.0 Å². The highest BCUT2D eigenvalue weighted by Crippen LogP contribution is 2.24. The highest BCUT2D eigenvalue weighted by atomic mass is 16.2. The van der Waals surface area contributed by atoms with Crippen LogP contribution in [0.25, 0.3) is 11.0 Å². The van der Waals surface area contributed by atoms with Crippen molar-refractivity contribution in [1.82, 2.24) is 19.8 Å². The summed E-state index contributed by atoms with van der Waals surface area (Å²) in [5, 5.41) is 3.05. The molecule has 2 heterocycles. The number of carbonyl (C=O) groups is 1. The van der Waals surface area contributed by atoms with Crippen LogP contribution in [0.3, 0.4) is 0 Å². The number of hydrogen-bond acceptors (Lipinski definition) is 3. The molecule has 1 aliphatic rings. The third kappa shape index (κ3) is 4.97. The van der Waals surface area contributed by atoms with E-state index < -0.39 is 0 Å². The Kier molecular flexibility index (Phi) is 6.58. The minimum Gasteiger partial charge on any atom is -0.351 e. The first kappa shape index (κ1) is 22.2.